The number of hydrogen-bond acceptors (Lipinski definition) is 8. The maximum absolute atomic E-state index is 11.7. The molecule has 33 heavy (non-hydrogen) atoms. The first-order valence-electron chi connectivity index (χ1n) is 13.0. The average Bonchev–Trinajstić information content (AvgIpc) is 2.80. The Hall–Kier alpha value is -0.290. The van der Waals surface area contributed by atoms with Gasteiger partial charge in [-0.15, -0.1) is 0 Å². The first-order valence-corrected chi connectivity index (χ1v) is 14.3. The van der Waals surface area contributed by atoms with Gasteiger partial charge in [-0.3, -0.25) is 0 Å². The maximum atomic E-state index is 11.7. The lowest BCUT2D eigenvalue weighted by atomic mass is 10.3. The third-order valence-corrected chi connectivity index (χ3v) is 5.67. The van der Waals surface area contributed by atoms with Gasteiger partial charge in [-0.05, 0) is 64.2 Å². The summed E-state index contributed by atoms with van der Waals surface area (Å²) in [4.78, 5) is 0. The van der Waals surface area contributed by atoms with E-state index in [1.807, 2.05) is 0 Å². The zero-order valence-corrected chi connectivity index (χ0v) is 22.0. The molecule has 0 aromatic heterocycles. The van der Waals surface area contributed by atoms with Crippen LogP contribution in [-0.4, -0.2) is 74.5 Å². The van der Waals surface area contributed by atoms with Crippen LogP contribution in [0.5, 0.6) is 0 Å². The smallest absolute Gasteiger partial charge is 0.381 e. The summed E-state index contributed by atoms with van der Waals surface area (Å²) < 4.78 is 55.2. The molecule has 0 aromatic rings. The molecule has 8 nitrogen and oxygen atoms in total. The molecule has 0 atom stereocenters. The van der Waals surface area contributed by atoms with Crippen LogP contribution < -0.4 is 0 Å². The number of ether oxygens (including phenoxy) is 4. The Balaban J connectivity index is 3.30. The number of unbranched alkanes of at least 4 members (excludes halogenated alkanes) is 6. The van der Waals surface area contributed by atoms with Crippen molar-refractivity contribution in [1.82, 2.24) is 0 Å². The Kier molecular flexibility index (Phi) is 26.1. The molecule has 0 aliphatic carbocycles. The quantitative estimate of drug-likeness (QED) is 0.138. The molecule has 0 aliphatic heterocycles. The molecular formula is C24H50O8S. The van der Waals surface area contributed by atoms with Gasteiger partial charge in [0.15, 0.2) is 0 Å². The van der Waals surface area contributed by atoms with Gasteiger partial charge < -0.3 is 18.9 Å². The van der Waals surface area contributed by atoms with E-state index in [-0.39, 0.29) is 13.2 Å². The standard InChI is InChI=1S/C24H50O8S/c1-3-5-15-27-17-7-9-19-29-21-11-13-23-31-33(25,26)32-24-14-12-22-30-20-10-8-18-28-16-6-4-2/h3-24H2,1-2H3. The third-order valence-electron chi connectivity index (χ3n) is 4.76. The summed E-state index contributed by atoms with van der Waals surface area (Å²) in [5.74, 6) is 0. The van der Waals surface area contributed by atoms with Gasteiger partial charge in [0.2, 0.25) is 0 Å². The Morgan fingerprint density at radius 1 is 0.394 bits per heavy atom. The second-order valence-corrected chi connectivity index (χ2v) is 9.33. The van der Waals surface area contributed by atoms with Gasteiger partial charge in [0, 0.05) is 52.9 Å². The lowest BCUT2D eigenvalue weighted by Crippen LogP contribution is -2.13. The number of rotatable bonds is 28. The fourth-order valence-electron chi connectivity index (χ4n) is 2.69. The van der Waals surface area contributed by atoms with E-state index < -0.39 is 10.4 Å². The molecule has 0 spiro atoms. The van der Waals surface area contributed by atoms with Crippen molar-refractivity contribution < 1.29 is 35.7 Å². The van der Waals surface area contributed by atoms with Gasteiger partial charge in [0.1, 0.15) is 0 Å². The van der Waals surface area contributed by atoms with Crippen LogP contribution in [0.3, 0.4) is 0 Å². The monoisotopic (exact) mass is 498 g/mol. The van der Waals surface area contributed by atoms with Crippen molar-refractivity contribution in [3.05, 3.63) is 0 Å². The van der Waals surface area contributed by atoms with Crippen molar-refractivity contribution in [2.75, 3.05) is 66.1 Å². The topological polar surface area (TPSA) is 89.5 Å². The number of hydrogen-bond donors (Lipinski definition) is 0. The first kappa shape index (κ1) is 32.7. The third kappa shape index (κ3) is 27.8. The van der Waals surface area contributed by atoms with E-state index in [9.17, 15) is 8.42 Å². The van der Waals surface area contributed by atoms with Crippen molar-refractivity contribution >= 4 is 10.4 Å². The zero-order valence-electron chi connectivity index (χ0n) is 21.2. The van der Waals surface area contributed by atoms with Crippen LogP contribution in [0.1, 0.15) is 90.9 Å². The highest BCUT2D eigenvalue weighted by molar-refractivity contribution is 7.81. The van der Waals surface area contributed by atoms with Gasteiger partial charge in [0.05, 0.1) is 13.2 Å². The van der Waals surface area contributed by atoms with Crippen LogP contribution in [-0.2, 0) is 37.7 Å². The van der Waals surface area contributed by atoms with Crippen LogP contribution in [0, 0.1) is 0 Å². The van der Waals surface area contributed by atoms with Gasteiger partial charge in [-0.1, -0.05) is 26.7 Å². The lowest BCUT2D eigenvalue weighted by Gasteiger charge is -2.07. The van der Waals surface area contributed by atoms with E-state index in [0.717, 1.165) is 90.6 Å². The average molecular weight is 499 g/mol. The molecule has 0 fully saturated rings. The summed E-state index contributed by atoms with van der Waals surface area (Å²) in [6.45, 7) is 10.4. The Morgan fingerprint density at radius 2 is 0.636 bits per heavy atom. The van der Waals surface area contributed by atoms with Gasteiger partial charge in [-0.2, -0.15) is 8.42 Å². The van der Waals surface area contributed by atoms with Crippen molar-refractivity contribution in [3.63, 3.8) is 0 Å². The molecule has 0 bridgehead atoms. The van der Waals surface area contributed by atoms with E-state index >= 15 is 0 Å². The predicted molar refractivity (Wildman–Crippen MR) is 131 cm³/mol. The highest BCUT2D eigenvalue weighted by atomic mass is 32.3. The maximum Gasteiger partial charge on any atom is 0.399 e. The predicted octanol–water partition coefficient (Wildman–Crippen LogP) is 5.05. The van der Waals surface area contributed by atoms with Crippen molar-refractivity contribution in [2.24, 2.45) is 0 Å². The Morgan fingerprint density at radius 3 is 0.909 bits per heavy atom. The second kappa shape index (κ2) is 26.3. The molecule has 0 amide bonds. The SMILES string of the molecule is CCCCOCCCCOCCCCOS(=O)(=O)OCCCCOCCCCOCCCC. The Labute approximate surface area is 203 Å². The molecule has 0 aromatic carbocycles. The summed E-state index contributed by atoms with van der Waals surface area (Å²) >= 11 is 0. The van der Waals surface area contributed by atoms with Crippen LogP contribution >= 0.6 is 0 Å². The Bertz CT molecular complexity index is 437. The summed E-state index contributed by atoms with van der Waals surface area (Å²) in [5.41, 5.74) is 0. The highest BCUT2D eigenvalue weighted by Crippen LogP contribution is 2.03. The largest absolute Gasteiger partial charge is 0.399 e. The van der Waals surface area contributed by atoms with Crippen molar-refractivity contribution in [1.29, 1.82) is 0 Å². The zero-order chi connectivity index (χ0) is 24.3. The fourth-order valence-corrected chi connectivity index (χ4v) is 3.40. The summed E-state index contributed by atoms with van der Waals surface area (Å²) in [5, 5.41) is 0. The van der Waals surface area contributed by atoms with E-state index in [1.165, 1.54) is 0 Å². The molecule has 0 aliphatic rings. The second-order valence-electron chi connectivity index (χ2n) is 8.04. The van der Waals surface area contributed by atoms with Crippen LogP contribution in [0.2, 0.25) is 0 Å². The summed E-state index contributed by atoms with van der Waals surface area (Å²) in [6, 6.07) is 0. The summed E-state index contributed by atoms with van der Waals surface area (Å²) in [7, 11) is -3.92. The summed E-state index contributed by atoms with van der Waals surface area (Å²) in [6.07, 6.45) is 11.2. The molecule has 0 radical (unpaired) electrons. The molecule has 0 saturated carbocycles. The fraction of sp³-hybridized carbons (Fsp3) is 1.00. The minimum atomic E-state index is -3.92. The molecular weight excluding hydrogens is 448 g/mol. The van der Waals surface area contributed by atoms with Gasteiger partial charge in [0.25, 0.3) is 0 Å². The molecule has 0 saturated heterocycles. The van der Waals surface area contributed by atoms with Gasteiger partial charge >= 0.3 is 10.4 Å². The molecule has 0 heterocycles. The highest BCUT2D eigenvalue weighted by Gasteiger charge is 2.11. The molecule has 0 rings (SSSR count). The lowest BCUT2D eigenvalue weighted by molar-refractivity contribution is 0.0968. The molecule has 0 N–H and O–H groups in total. The van der Waals surface area contributed by atoms with E-state index in [0.29, 0.717) is 39.3 Å². The van der Waals surface area contributed by atoms with Gasteiger partial charge in [-0.25, -0.2) is 8.37 Å². The molecule has 0 unspecified atom stereocenters. The molecule has 200 valence electrons. The minimum absolute atomic E-state index is 0.113. The molecule has 9 heteroatoms. The van der Waals surface area contributed by atoms with Crippen LogP contribution in [0.4, 0.5) is 0 Å². The van der Waals surface area contributed by atoms with E-state index in [2.05, 4.69) is 13.8 Å². The van der Waals surface area contributed by atoms with Crippen molar-refractivity contribution in [2.45, 2.75) is 90.9 Å². The first-order chi connectivity index (χ1) is 16.1. The van der Waals surface area contributed by atoms with E-state index in [1.54, 1.807) is 0 Å². The van der Waals surface area contributed by atoms with Crippen LogP contribution in [0.25, 0.3) is 0 Å². The minimum Gasteiger partial charge on any atom is -0.381 e. The van der Waals surface area contributed by atoms with Crippen molar-refractivity contribution in [3.8, 4) is 0 Å². The van der Waals surface area contributed by atoms with Crippen LogP contribution in [0.15, 0.2) is 0 Å². The normalized spacial score (nSPS) is 11.9. The van der Waals surface area contributed by atoms with E-state index in [4.69, 9.17) is 27.3 Å².